The Morgan fingerprint density at radius 2 is 1.33 bits per heavy atom. The number of aliphatic hydroxyl groups is 1. The Labute approximate surface area is 170 Å². The predicted molar refractivity (Wildman–Crippen MR) is 97.9 cm³/mol. The van der Waals surface area contributed by atoms with Crippen molar-refractivity contribution in [2.24, 2.45) is 5.73 Å². The van der Waals surface area contributed by atoms with Gasteiger partial charge in [-0.15, -0.1) is 0 Å². The molecule has 14 heteroatoms. The first kappa shape index (κ1) is 26.7. The first-order chi connectivity index (χ1) is 13.8. The SMILES string of the molecule is CC(NC(=O)C(CC(=O)O)NC(=O)C(N)C(C)O)C(=O)NC(CCC(=O)O)C(=O)O. The molecule has 0 saturated carbocycles. The van der Waals surface area contributed by atoms with Gasteiger partial charge in [-0.05, 0) is 20.3 Å². The molecule has 0 radical (unpaired) electrons. The van der Waals surface area contributed by atoms with E-state index in [1.165, 1.54) is 13.8 Å². The van der Waals surface area contributed by atoms with Gasteiger partial charge in [0.1, 0.15) is 24.2 Å². The summed E-state index contributed by atoms with van der Waals surface area (Å²) in [6.07, 6.45) is -3.04. The van der Waals surface area contributed by atoms with Crippen molar-refractivity contribution in [2.75, 3.05) is 0 Å². The standard InChI is InChI=1S/C16H26N4O10/c1-6(13(26)19-8(16(29)30)3-4-10(22)23)18-14(27)9(5-11(24)25)20-15(28)12(17)7(2)21/h6-9,12,21H,3-5,17H2,1-2H3,(H,18,27)(H,19,26)(H,20,28)(H,22,23)(H,24,25)(H,29,30). The average molecular weight is 434 g/mol. The first-order valence-corrected chi connectivity index (χ1v) is 8.77. The second-order valence-corrected chi connectivity index (χ2v) is 6.49. The molecular weight excluding hydrogens is 408 g/mol. The smallest absolute Gasteiger partial charge is 0.326 e. The van der Waals surface area contributed by atoms with Crippen LogP contribution >= 0.6 is 0 Å². The van der Waals surface area contributed by atoms with Gasteiger partial charge in [-0.2, -0.15) is 0 Å². The van der Waals surface area contributed by atoms with Crippen molar-refractivity contribution in [1.29, 1.82) is 0 Å². The normalized spacial score (nSPS) is 15.6. The van der Waals surface area contributed by atoms with Crippen LogP contribution in [0.3, 0.4) is 0 Å². The van der Waals surface area contributed by atoms with E-state index in [0.717, 1.165) is 0 Å². The minimum Gasteiger partial charge on any atom is -0.481 e. The molecule has 0 heterocycles. The molecule has 0 bridgehead atoms. The fraction of sp³-hybridized carbons (Fsp3) is 0.625. The van der Waals surface area contributed by atoms with Crippen molar-refractivity contribution in [2.45, 2.75) is 63.4 Å². The summed E-state index contributed by atoms with van der Waals surface area (Å²) in [6.45, 7) is 2.39. The summed E-state index contributed by atoms with van der Waals surface area (Å²) < 4.78 is 0. The molecule has 14 nitrogen and oxygen atoms in total. The van der Waals surface area contributed by atoms with Crippen LogP contribution in [0.5, 0.6) is 0 Å². The number of amides is 3. The third-order valence-corrected chi connectivity index (χ3v) is 3.85. The lowest BCUT2D eigenvalue weighted by molar-refractivity contribution is -0.144. The molecule has 0 fully saturated rings. The second-order valence-electron chi connectivity index (χ2n) is 6.49. The molecule has 9 N–H and O–H groups in total. The van der Waals surface area contributed by atoms with Gasteiger partial charge in [-0.1, -0.05) is 0 Å². The van der Waals surface area contributed by atoms with E-state index in [-0.39, 0.29) is 0 Å². The molecule has 0 saturated heterocycles. The maximum absolute atomic E-state index is 12.3. The third kappa shape index (κ3) is 9.79. The van der Waals surface area contributed by atoms with Crippen LogP contribution in [0, 0.1) is 0 Å². The molecule has 0 rings (SSSR count). The van der Waals surface area contributed by atoms with Crippen LogP contribution in [0.15, 0.2) is 0 Å². The molecule has 3 amide bonds. The molecule has 30 heavy (non-hydrogen) atoms. The number of carbonyl (C=O) groups excluding carboxylic acids is 3. The Kier molecular flexibility index (Phi) is 11.0. The zero-order valence-electron chi connectivity index (χ0n) is 16.3. The maximum atomic E-state index is 12.3. The number of rotatable bonds is 13. The number of aliphatic carboxylic acids is 3. The van der Waals surface area contributed by atoms with Crippen molar-refractivity contribution in [3.8, 4) is 0 Å². The fourth-order valence-corrected chi connectivity index (χ4v) is 2.07. The van der Waals surface area contributed by atoms with Crippen molar-refractivity contribution in [1.82, 2.24) is 16.0 Å². The quantitative estimate of drug-likeness (QED) is 0.142. The van der Waals surface area contributed by atoms with Gasteiger partial charge in [0.25, 0.3) is 0 Å². The van der Waals surface area contributed by atoms with Gasteiger partial charge in [0.15, 0.2) is 0 Å². The molecule has 0 aromatic carbocycles. The van der Waals surface area contributed by atoms with E-state index >= 15 is 0 Å². The van der Waals surface area contributed by atoms with Gasteiger partial charge < -0.3 is 42.1 Å². The van der Waals surface area contributed by atoms with Crippen LogP contribution < -0.4 is 21.7 Å². The van der Waals surface area contributed by atoms with Gasteiger partial charge in [0.05, 0.1) is 12.5 Å². The zero-order valence-corrected chi connectivity index (χ0v) is 16.3. The Hall–Kier alpha value is -3.26. The number of carbonyl (C=O) groups is 6. The first-order valence-electron chi connectivity index (χ1n) is 8.77. The largest absolute Gasteiger partial charge is 0.481 e. The van der Waals surface area contributed by atoms with Gasteiger partial charge in [0, 0.05) is 6.42 Å². The third-order valence-electron chi connectivity index (χ3n) is 3.85. The van der Waals surface area contributed by atoms with Gasteiger partial charge >= 0.3 is 17.9 Å². The summed E-state index contributed by atoms with van der Waals surface area (Å²) in [5.41, 5.74) is 5.42. The molecule has 0 spiro atoms. The van der Waals surface area contributed by atoms with E-state index < -0.39 is 85.2 Å². The molecule has 0 aliphatic heterocycles. The van der Waals surface area contributed by atoms with E-state index in [1.807, 2.05) is 0 Å². The molecule has 170 valence electrons. The Morgan fingerprint density at radius 1 is 0.800 bits per heavy atom. The number of carboxylic acid groups (broad SMARTS) is 3. The molecule has 0 aromatic rings. The molecule has 0 aliphatic carbocycles. The topological polar surface area (TPSA) is 245 Å². The van der Waals surface area contributed by atoms with Gasteiger partial charge in [-0.3, -0.25) is 24.0 Å². The minimum absolute atomic E-state index is 0.397. The summed E-state index contributed by atoms with van der Waals surface area (Å²) in [5, 5.41) is 42.1. The number of nitrogens with one attached hydrogen (secondary N) is 3. The summed E-state index contributed by atoms with van der Waals surface area (Å²) >= 11 is 0. The summed E-state index contributed by atoms with van der Waals surface area (Å²) in [5.74, 6) is -7.22. The van der Waals surface area contributed by atoms with E-state index in [9.17, 15) is 33.9 Å². The van der Waals surface area contributed by atoms with E-state index in [4.69, 9.17) is 21.1 Å². The van der Waals surface area contributed by atoms with Crippen molar-refractivity contribution >= 4 is 35.6 Å². The lowest BCUT2D eigenvalue weighted by Crippen LogP contribution is -2.57. The second kappa shape index (κ2) is 12.3. The zero-order chi connectivity index (χ0) is 23.6. The number of nitrogens with two attached hydrogens (primary N) is 1. The Balaban J connectivity index is 5.08. The number of aliphatic hydroxyl groups excluding tert-OH is 1. The highest BCUT2D eigenvalue weighted by Crippen LogP contribution is 2.01. The van der Waals surface area contributed by atoms with Crippen molar-refractivity contribution in [3.05, 3.63) is 0 Å². The number of carboxylic acids is 3. The molecule has 0 aromatic heterocycles. The average Bonchev–Trinajstić information content (AvgIpc) is 2.62. The van der Waals surface area contributed by atoms with E-state index in [1.54, 1.807) is 0 Å². The molecule has 5 atom stereocenters. The minimum atomic E-state index is -1.63. The highest BCUT2D eigenvalue weighted by Gasteiger charge is 2.30. The van der Waals surface area contributed by atoms with Crippen LogP contribution in [0.2, 0.25) is 0 Å². The summed E-state index contributed by atoms with van der Waals surface area (Å²) in [4.78, 5) is 68.9. The fourth-order valence-electron chi connectivity index (χ4n) is 2.07. The summed E-state index contributed by atoms with van der Waals surface area (Å²) in [7, 11) is 0. The lowest BCUT2D eigenvalue weighted by atomic mass is 10.1. The Morgan fingerprint density at radius 3 is 1.77 bits per heavy atom. The van der Waals surface area contributed by atoms with Gasteiger partial charge in [-0.25, -0.2) is 4.79 Å². The van der Waals surface area contributed by atoms with E-state index in [0.29, 0.717) is 0 Å². The highest BCUT2D eigenvalue weighted by atomic mass is 16.4. The summed E-state index contributed by atoms with van der Waals surface area (Å²) in [6, 6.07) is -5.92. The van der Waals surface area contributed by atoms with Crippen molar-refractivity contribution < 1.29 is 49.2 Å². The Bertz CT molecular complexity index is 681. The van der Waals surface area contributed by atoms with Crippen molar-refractivity contribution in [3.63, 3.8) is 0 Å². The van der Waals surface area contributed by atoms with Crippen LogP contribution in [0.4, 0.5) is 0 Å². The molecule has 5 unspecified atom stereocenters. The number of hydrogen-bond acceptors (Lipinski definition) is 8. The predicted octanol–water partition coefficient (Wildman–Crippen LogP) is -3.41. The van der Waals surface area contributed by atoms with Gasteiger partial charge in [0.2, 0.25) is 17.7 Å². The van der Waals surface area contributed by atoms with Crippen LogP contribution in [0.1, 0.15) is 33.1 Å². The van der Waals surface area contributed by atoms with E-state index in [2.05, 4.69) is 16.0 Å². The number of hydrogen-bond donors (Lipinski definition) is 8. The highest BCUT2D eigenvalue weighted by molar-refractivity contribution is 5.95. The van der Waals surface area contributed by atoms with Crippen LogP contribution in [0.25, 0.3) is 0 Å². The van der Waals surface area contributed by atoms with Crippen LogP contribution in [-0.4, -0.2) is 86.3 Å². The molecular formula is C16H26N4O10. The monoisotopic (exact) mass is 434 g/mol. The lowest BCUT2D eigenvalue weighted by Gasteiger charge is -2.23. The molecule has 0 aliphatic rings. The van der Waals surface area contributed by atoms with Crippen LogP contribution in [-0.2, 0) is 28.8 Å². The maximum Gasteiger partial charge on any atom is 0.326 e.